The highest BCUT2D eigenvalue weighted by atomic mass is 32.1. The van der Waals surface area contributed by atoms with E-state index < -0.39 is 0 Å². The van der Waals surface area contributed by atoms with Crippen LogP contribution in [0.5, 0.6) is 0 Å². The van der Waals surface area contributed by atoms with E-state index in [2.05, 4.69) is 22.8 Å². The van der Waals surface area contributed by atoms with Gasteiger partial charge in [0.1, 0.15) is 0 Å². The van der Waals surface area contributed by atoms with Crippen LogP contribution in [0.4, 0.5) is 0 Å². The lowest BCUT2D eigenvalue weighted by Gasteiger charge is -2.17. The Morgan fingerprint density at radius 2 is 1.79 bits per heavy atom. The number of hydrogen-bond acceptors (Lipinski definition) is 3. The lowest BCUT2D eigenvalue weighted by atomic mass is 10.0. The van der Waals surface area contributed by atoms with Crippen molar-refractivity contribution in [1.82, 2.24) is 5.32 Å². The standard InChI is InChI=1S/C20H15NOS2/c22-20(17-8-3-6-14-5-1-2-7-16(14)17)21-19(15-10-12-23-13-15)18-9-4-11-24-18/h1-13,19H,(H,21,22)/t19-/m0/s1. The van der Waals surface area contributed by atoms with Crippen LogP contribution in [0.25, 0.3) is 10.8 Å². The van der Waals surface area contributed by atoms with Crippen molar-refractivity contribution in [1.29, 1.82) is 0 Å². The molecule has 1 N–H and O–H groups in total. The van der Waals surface area contributed by atoms with Crippen LogP contribution in [0.1, 0.15) is 26.8 Å². The van der Waals surface area contributed by atoms with Crippen molar-refractivity contribution >= 4 is 39.4 Å². The Labute approximate surface area is 148 Å². The highest BCUT2D eigenvalue weighted by molar-refractivity contribution is 7.10. The molecule has 0 aliphatic heterocycles. The first kappa shape index (κ1) is 15.1. The molecule has 0 aliphatic carbocycles. The van der Waals surface area contributed by atoms with Crippen LogP contribution in [-0.2, 0) is 0 Å². The van der Waals surface area contributed by atoms with Gasteiger partial charge in [-0.1, -0.05) is 42.5 Å². The minimum atomic E-state index is -0.109. The Hall–Kier alpha value is -2.43. The fourth-order valence-corrected chi connectivity index (χ4v) is 4.33. The largest absolute Gasteiger partial charge is 0.340 e. The molecular weight excluding hydrogens is 334 g/mol. The minimum absolute atomic E-state index is 0.0450. The summed E-state index contributed by atoms with van der Waals surface area (Å²) in [5, 5.41) is 11.4. The van der Waals surface area contributed by atoms with Gasteiger partial charge in [-0.15, -0.1) is 11.3 Å². The Bertz CT molecular complexity index is 919. The molecule has 2 aromatic heterocycles. The third-order valence-electron chi connectivity index (χ3n) is 4.01. The number of carbonyl (C=O) groups excluding carboxylic acids is 1. The normalized spacial score (nSPS) is 12.2. The van der Waals surface area contributed by atoms with Crippen LogP contribution in [-0.4, -0.2) is 5.91 Å². The second-order valence-electron chi connectivity index (χ2n) is 5.51. The van der Waals surface area contributed by atoms with Gasteiger partial charge in [0.2, 0.25) is 0 Å². The molecule has 0 radical (unpaired) electrons. The smallest absolute Gasteiger partial charge is 0.252 e. The van der Waals surface area contributed by atoms with Gasteiger partial charge in [-0.25, -0.2) is 0 Å². The monoisotopic (exact) mass is 349 g/mol. The van der Waals surface area contributed by atoms with Gasteiger partial charge in [-0.2, -0.15) is 11.3 Å². The van der Waals surface area contributed by atoms with Gasteiger partial charge >= 0.3 is 0 Å². The molecule has 0 fully saturated rings. The van der Waals surface area contributed by atoms with Crippen LogP contribution >= 0.6 is 22.7 Å². The Balaban J connectivity index is 1.71. The number of fused-ring (bicyclic) bond motifs is 1. The molecule has 1 amide bonds. The number of benzene rings is 2. The molecule has 24 heavy (non-hydrogen) atoms. The lowest BCUT2D eigenvalue weighted by Crippen LogP contribution is -2.28. The van der Waals surface area contributed by atoms with Crippen molar-refractivity contribution in [2.45, 2.75) is 6.04 Å². The molecule has 1 atom stereocenters. The lowest BCUT2D eigenvalue weighted by molar-refractivity contribution is 0.0945. The van der Waals surface area contributed by atoms with E-state index in [1.165, 1.54) is 0 Å². The van der Waals surface area contributed by atoms with Crippen LogP contribution in [0, 0.1) is 0 Å². The molecule has 0 bridgehead atoms. The van der Waals surface area contributed by atoms with Crippen LogP contribution in [0.3, 0.4) is 0 Å². The molecule has 0 spiro atoms. The van der Waals surface area contributed by atoms with Crippen molar-refractivity contribution in [3.63, 3.8) is 0 Å². The zero-order chi connectivity index (χ0) is 16.4. The molecule has 4 aromatic rings. The van der Waals surface area contributed by atoms with Gasteiger partial charge in [-0.3, -0.25) is 4.79 Å². The van der Waals surface area contributed by atoms with Gasteiger partial charge in [0.05, 0.1) is 6.04 Å². The van der Waals surface area contributed by atoms with Crippen molar-refractivity contribution in [2.75, 3.05) is 0 Å². The molecule has 0 saturated carbocycles. The number of nitrogens with one attached hydrogen (secondary N) is 1. The fraction of sp³-hybridized carbons (Fsp3) is 0.0500. The Kier molecular flexibility index (Phi) is 4.15. The highest BCUT2D eigenvalue weighted by Gasteiger charge is 2.20. The predicted molar refractivity (Wildman–Crippen MR) is 102 cm³/mol. The second-order valence-corrected chi connectivity index (χ2v) is 7.26. The Morgan fingerprint density at radius 3 is 2.58 bits per heavy atom. The molecule has 4 heteroatoms. The average Bonchev–Trinajstić information content (AvgIpc) is 3.32. The van der Waals surface area contributed by atoms with Crippen LogP contribution in [0.15, 0.2) is 76.8 Å². The van der Waals surface area contributed by atoms with E-state index >= 15 is 0 Å². The molecule has 2 aromatic carbocycles. The summed E-state index contributed by atoms with van der Waals surface area (Å²) < 4.78 is 0. The average molecular weight is 349 g/mol. The van der Waals surface area contributed by atoms with Crippen molar-refractivity contribution in [2.24, 2.45) is 0 Å². The summed E-state index contributed by atoms with van der Waals surface area (Å²) in [5.41, 5.74) is 1.83. The summed E-state index contributed by atoms with van der Waals surface area (Å²) in [7, 11) is 0. The molecule has 0 aliphatic rings. The number of amides is 1. The van der Waals surface area contributed by atoms with Crippen molar-refractivity contribution < 1.29 is 4.79 Å². The first-order chi connectivity index (χ1) is 11.8. The molecule has 0 unspecified atom stereocenters. The van der Waals surface area contributed by atoms with Gasteiger partial charge in [-0.05, 0) is 50.7 Å². The van der Waals surface area contributed by atoms with Gasteiger partial charge in [0.15, 0.2) is 0 Å². The van der Waals surface area contributed by atoms with Gasteiger partial charge in [0, 0.05) is 10.4 Å². The van der Waals surface area contributed by atoms with E-state index in [1.54, 1.807) is 22.7 Å². The SMILES string of the molecule is O=C(N[C@@H](c1ccsc1)c1cccs1)c1cccc2ccccc12. The first-order valence-electron chi connectivity index (χ1n) is 7.67. The third-order valence-corrected chi connectivity index (χ3v) is 5.65. The third kappa shape index (κ3) is 2.86. The van der Waals surface area contributed by atoms with E-state index in [1.807, 2.05) is 59.3 Å². The molecule has 0 saturated heterocycles. The van der Waals surface area contributed by atoms with Crippen LogP contribution < -0.4 is 5.32 Å². The van der Waals surface area contributed by atoms with Crippen molar-refractivity contribution in [3.05, 3.63) is 92.8 Å². The van der Waals surface area contributed by atoms with Gasteiger partial charge in [0.25, 0.3) is 5.91 Å². The van der Waals surface area contributed by atoms with Gasteiger partial charge < -0.3 is 5.32 Å². The topological polar surface area (TPSA) is 29.1 Å². The molecule has 2 heterocycles. The zero-order valence-electron chi connectivity index (χ0n) is 12.8. The van der Waals surface area contributed by atoms with E-state index in [-0.39, 0.29) is 11.9 Å². The van der Waals surface area contributed by atoms with E-state index in [0.29, 0.717) is 5.56 Å². The highest BCUT2D eigenvalue weighted by Crippen LogP contribution is 2.28. The number of carbonyl (C=O) groups is 1. The molecule has 2 nitrogen and oxygen atoms in total. The predicted octanol–water partition coefficient (Wildman–Crippen LogP) is 5.48. The minimum Gasteiger partial charge on any atom is -0.340 e. The Morgan fingerprint density at radius 1 is 0.917 bits per heavy atom. The maximum absolute atomic E-state index is 13.0. The number of thiophene rings is 2. The summed E-state index contributed by atoms with van der Waals surface area (Å²) in [6.45, 7) is 0. The molecule has 118 valence electrons. The van der Waals surface area contributed by atoms with Crippen LogP contribution in [0.2, 0.25) is 0 Å². The van der Waals surface area contributed by atoms with Crippen molar-refractivity contribution in [3.8, 4) is 0 Å². The summed E-state index contributed by atoms with van der Waals surface area (Å²) >= 11 is 3.30. The molecular formula is C20H15NOS2. The second kappa shape index (κ2) is 6.59. The fourth-order valence-electron chi connectivity index (χ4n) is 2.85. The van der Waals surface area contributed by atoms with E-state index in [4.69, 9.17) is 0 Å². The number of rotatable bonds is 4. The summed E-state index contributed by atoms with van der Waals surface area (Å²) in [6, 6.07) is 19.9. The summed E-state index contributed by atoms with van der Waals surface area (Å²) in [5.74, 6) is -0.0450. The summed E-state index contributed by atoms with van der Waals surface area (Å²) in [4.78, 5) is 14.1. The maximum atomic E-state index is 13.0. The quantitative estimate of drug-likeness (QED) is 0.519. The zero-order valence-corrected chi connectivity index (χ0v) is 14.4. The molecule has 4 rings (SSSR count). The van der Waals surface area contributed by atoms with E-state index in [9.17, 15) is 4.79 Å². The first-order valence-corrected chi connectivity index (χ1v) is 9.49. The number of hydrogen-bond donors (Lipinski definition) is 1. The maximum Gasteiger partial charge on any atom is 0.252 e. The summed E-state index contributed by atoms with van der Waals surface area (Å²) in [6.07, 6.45) is 0. The van der Waals surface area contributed by atoms with E-state index in [0.717, 1.165) is 21.2 Å².